The molecule has 2 fully saturated rings. The Morgan fingerprint density at radius 1 is 1.04 bits per heavy atom. The molecule has 2 saturated heterocycles. The molecule has 5 nitrogen and oxygen atoms in total. The summed E-state index contributed by atoms with van der Waals surface area (Å²) in [6.07, 6.45) is 2.85. The molecule has 146 valence electrons. The highest BCUT2D eigenvalue weighted by Crippen LogP contribution is 2.34. The van der Waals surface area contributed by atoms with E-state index in [9.17, 15) is 4.79 Å². The molecule has 4 unspecified atom stereocenters. The van der Waals surface area contributed by atoms with E-state index < -0.39 is 0 Å². The fourth-order valence-electron chi connectivity index (χ4n) is 5.11. The maximum Gasteiger partial charge on any atom is 0.241 e. The van der Waals surface area contributed by atoms with E-state index in [-0.39, 0.29) is 18.0 Å². The van der Waals surface area contributed by atoms with E-state index in [1.54, 1.807) is 0 Å². The SMILES string of the molecule is O=C(C1NNC2CCNCC21)N1CCc2ccccc2C1Cc1ccccc1. The summed E-state index contributed by atoms with van der Waals surface area (Å²) in [4.78, 5) is 15.8. The van der Waals surface area contributed by atoms with Crippen molar-refractivity contribution in [2.45, 2.75) is 37.4 Å². The predicted molar refractivity (Wildman–Crippen MR) is 110 cm³/mol. The lowest BCUT2D eigenvalue weighted by atomic mass is 9.85. The molecule has 2 aromatic rings. The van der Waals surface area contributed by atoms with Gasteiger partial charge in [-0.3, -0.25) is 10.2 Å². The minimum atomic E-state index is -0.152. The second-order valence-corrected chi connectivity index (χ2v) is 8.22. The minimum absolute atomic E-state index is 0.0947. The van der Waals surface area contributed by atoms with Crippen LogP contribution in [0.1, 0.15) is 29.2 Å². The Labute approximate surface area is 166 Å². The first-order valence-corrected chi connectivity index (χ1v) is 10.5. The Morgan fingerprint density at radius 2 is 1.86 bits per heavy atom. The van der Waals surface area contributed by atoms with Gasteiger partial charge >= 0.3 is 0 Å². The highest BCUT2D eigenvalue weighted by Gasteiger charge is 2.44. The fourth-order valence-corrected chi connectivity index (χ4v) is 5.11. The van der Waals surface area contributed by atoms with Crippen molar-refractivity contribution >= 4 is 5.91 Å². The molecule has 3 aliphatic rings. The van der Waals surface area contributed by atoms with Crippen LogP contribution in [0.5, 0.6) is 0 Å². The van der Waals surface area contributed by atoms with Gasteiger partial charge in [-0.1, -0.05) is 54.6 Å². The maximum atomic E-state index is 13.7. The zero-order chi connectivity index (χ0) is 18.9. The van der Waals surface area contributed by atoms with Gasteiger partial charge in [0.1, 0.15) is 6.04 Å². The van der Waals surface area contributed by atoms with Crippen LogP contribution in [0.25, 0.3) is 0 Å². The molecule has 3 N–H and O–H groups in total. The van der Waals surface area contributed by atoms with E-state index in [0.29, 0.717) is 12.0 Å². The predicted octanol–water partition coefficient (Wildman–Crippen LogP) is 1.81. The van der Waals surface area contributed by atoms with Crippen molar-refractivity contribution in [3.8, 4) is 0 Å². The number of amides is 1. The quantitative estimate of drug-likeness (QED) is 0.765. The van der Waals surface area contributed by atoms with Crippen molar-refractivity contribution in [3.63, 3.8) is 0 Å². The average molecular weight is 377 g/mol. The van der Waals surface area contributed by atoms with Crippen molar-refractivity contribution in [1.82, 2.24) is 21.1 Å². The summed E-state index contributed by atoms with van der Waals surface area (Å²) in [5, 5.41) is 3.46. The summed E-state index contributed by atoms with van der Waals surface area (Å²) in [5.41, 5.74) is 10.7. The van der Waals surface area contributed by atoms with Gasteiger partial charge in [0.15, 0.2) is 0 Å². The van der Waals surface area contributed by atoms with E-state index in [0.717, 1.165) is 38.9 Å². The largest absolute Gasteiger partial charge is 0.334 e. The van der Waals surface area contributed by atoms with Gasteiger partial charge in [-0.15, -0.1) is 0 Å². The first-order valence-electron chi connectivity index (χ1n) is 10.5. The number of hydrazine groups is 1. The monoisotopic (exact) mass is 376 g/mol. The topological polar surface area (TPSA) is 56.4 Å². The molecule has 28 heavy (non-hydrogen) atoms. The Kier molecular flexibility index (Phi) is 4.89. The molecule has 0 bridgehead atoms. The second kappa shape index (κ2) is 7.66. The summed E-state index contributed by atoms with van der Waals surface area (Å²) in [5.74, 6) is 0.551. The Morgan fingerprint density at radius 3 is 2.75 bits per heavy atom. The second-order valence-electron chi connectivity index (χ2n) is 8.22. The van der Waals surface area contributed by atoms with Gasteiger partial charge in [-0.25, -0.2) is 5.43 Å². The third-order valence-corrected chi connectivity index (χ3v) is 6.61. The van der Waals surface area contributed by atoms with Crippen molar-refractivity contribution in [1.29, 1.82) is 0 Å². The van der Waals surface area contributed by atoms with E-state index in [1.807, 2.05) is 6.07 Å². The van der Waals surface area contributed by atoms with Crippen LogP contribution in [-0.2, 0) is 17.6 Å². The molecule has 0 radical (unpaired) electrons. The highest BCUT2D eigenvalue weighted by atomic mass is 16.2. The van der Waals surface area contributed by atoms with Crippen molar-refractivity contribution in [3.05, 3.63) is 71.3 Å². The minimum Gasteiger partial charge on any atom is -0.334 e. The summed E-state index contributed by atoms with van der Waals surface area (Å²) >= 11 is 0. The number of rotatable bonds is 3. The summed E-state index contributed by atoms with van der Waals surface area (Å²) in [6, 6.07) is 19.5. The molecule has 0 saturated carbocycles. The number of benzene rings is 2. The van der Waals surface area contributed by atoms with Crippen LogP contribution in [0, 0.1) is 5.92 Å². The molecule has 0 spiro atoms. The number of piperidine rings is 1. The maximum absolute atomic E-state index is 13.7. The smallest absolute Gasteiger partial charge is 0.241 e. The van der Waals surface area contributed by atoms with Crippen molar-refractivity contribution < 1.29 is 4.79 Å². The number of carbonyl (C=O) groups excluding carboxylic acids is 1. The Balaban J connectivity index is 1.44. The van der Waals surface area contributed by atoms with Crippen molar-refractivity contribution in [2.24, 2.45) is 5.92 Å². The third-order valence-electron chi connectivity index (χ3n) is 6.61. The van der Waals surface area contributed by atoms with E-state index in [4.69, 9.17) is 0 Å². The number of hydrogen-bond acceptors (Lipinski definition) is 4. The number of hydrogen-bond donors (Lipinski definition) is 3. The molecule has 3 heterocycles. The fraction of sp³-hybridized carbons (Fsp3) is 0.435. The van der Waals surface area contributed by atoms with Crippen LogP contribution in [0.15, 0.2) is 54.6 Å². The molecule has 3 aliphatic heterocycles. The van der Waals surface area contributed by atoms with Crippen LogP contribution >= 0.6 is 0 Å². The molecule has 5 heteroatoms. The number of carbonyl (C=O) groups is 1. The van der Waals surface area contributed by atoms with Gasteiger partial charge in [0, 0.05) is 25.0 Å². The van der Waals surface area contributed by atoms with Gasteiger partial charge in [-0.2, -0.15) is 0 Å². The van der Waals surface area contributed by atoms with Gasteiger partial charge in [0.2, 0.25) is 5.91 Å². The van der Waals surface area contributed by atoms with Crippen LogP contribution in [0.3, 0.4) is 0 Å². The number of nitrogens with one attached hydrogen (secondary N) is 3. The highest BCUT2D eigenvalue weighted by molar-refractivity contribution is 5.83. The molecule has 1 amide bonds. The summed E-state index contributed by atoms with van der Waals surface area (Å²) < 4.78 is 0. The third kappa shape index (κ3) is 3.24. The Hall–Kier alpha value is -2.21. The van der Waals surface area contributed by atoms with Crippen LogP contribution < -0.4 is 16.2 Å². The van der Waals surface area contributed by atoms with Gasteiger partial charge in [0.05, 0.1) is 6.04 Å². The summed E-state index contributed by atoms with van der Waals surface area (Å²) in [7, 11) is 0. The van der Waals surface area contributed by atoms with Crippen molar-refractivity contribution in [2.75, 3.05) is 19.6 Å². The molecular formula is C23H28N4O. The number of fused-ring (bicyclic) bond motifs is 2. The first kappa shape index (κ1) is 17.9. The molecular weight excluding hydrogens is 348 g/mol. The van der Waals surface area contributed by atoms with Crippen LogP contribution in [0.4, 0.5) is 0 Å². The van der Waals surface area contributed by atoms with Crippen LogP contribution in [0.2, 0.25) is 0 Å². The zero-order valence-electron chi connectivity index (χ0n) is 16.1. The lowest BCUT2D eigenvalue weighted by Crippen LogP contribution is -2.53. The zero-order valence-corrected chi connectivity index (χ0v) is 16.1. The van der Waals surface area contributed by atoms with Gasteiger partial charge in [-0.05, 0) is 42.5 Å². The number of nitrogens with zero attached hydrogens (tertiary/aromatic N) is 1. The molecule has 0 aliphatic carbocycles. The average Bonchev–Trinajstić information content (AvgIpc) is 3.18. The van der Waals surface area contributed by atoms with Crippen LogP contribution in [-0.4, -0.2) is 42.5 Å². The summed E-state index contributed by atoms with van der Waals surface area (Å²) in [6.45, 7) is 2.70. The van der Waals surface area contributed by atoms with Gasteiger partial charge < -0.3 is 10.2 Å². The first-order chi connectivity index (χ1) is 13.8. The molecule has 4 atom stereocenters. The lowest BCUT2D eigenvalue weighted by molar-refractivity contribution is -0.137. The van der Waals surface area contributed by atoms with Gasteiger partial charge in [0.25, 0.3) is 0 Å². The molecule has 2 aromatic carbocycles. The lowest BCUT2D eigenvalue weighted by Gasteiger charge is -2.40. The van der Waals surface area contributed by atoms with E-state index in [2.05, 4.69) is 69.6 Å². The normalized spacial score (nSPS) is 29.2. The molecule has 5 rings (SSSR count). The van der Waals surface area contributed by atoms with E-state index >= 15 is 0 Å². The van der Waals surface area contributed by atoms with E-state index in [1.165, 1.54) is 16.7 Å². The molecule has 0 aromatic heterocycles. The Bertz CT molecular complexity index is 840. The standard InChI is InChI=1S/C23H28N4O/c28-23(22-19-15-24-12-10-20(19)25-26-22)27-13-11-17-8-4-5-9-18(17)21(27)14-16-6-2-1-3-7-16/h1-9,19-22,24-26H,10-15H2.